The van der Waals surface area contributed by atoms with E-state index in [-0.39, 0.29) is 5.91 Å². The maximum absolute atomic E-state index is 11.8. The first-order valence-electron chi connectivity index (χ1n) is 7.46. The van der Waals surface area contributed by atoms with E-state index in [1.807, 2.05) is 18.2 Å². The van der Waals surface area contributed by atoms with Gasteiger partial charge in [0.15, 0.2) is 0 Å². The van der Waals surface area contributed by atoms with Gasteiger partial charge in [0.25, 0.3) is 0 Å². The Morgan fingerprint density at radius 2 is 1.90 bits per heavy atom. The fourth-order valence-corrected chi connectivity index (χ4v) is 2.14. The summed E-state index contributed by atoms with van der Waals surface area (Å²) in [4.78, 5) is 16.0. The molecule has 0 atom stereocenters. The number of aromatic nitrogens is 1. The zero-order valence-corrected chi connectivity index (χ0v) is 12.5. The van der Waals surface area contributed by atoms with Crippen molar-refractivity contribution in [2.24, 2.45) is 0 Å². The molecule has 110 valence electrons. The molecule has 0 saturated heterocycles. The average Bonchev–Trinajstić information content (AvgIpc) is 2.52. The van der Waals surface area contributed by atoms with Crippen molar-refractivity contribution in [3.63, 3.8) is 0 Å². The van der Waals surface area contributed by atoms with Gasteiger partial charge in [0, 0.05) is 24.9 Å². The lowest BCUT2D eigenvalue weighted by Crippen LogP contribution is -2.25. The Labute approximate surface area is 126 Å². The highest BCUT2D eigenvalue weighted by Gasteiger charge is 2.02. The molecule has 2 rings (SSSR count). The van der Waals surface area contributed by atoms with Gasteiger partial charge in [-0.1, -0.05) is 35.9 Å². The molecular formula is C18H22N2O. The third-order valence-electron chi connectivity index (χ3n) is 3.42. The smallest absolute Gasteiger partial charge is 0.220 e. The third-order valence-corrected chi connectivity index (χ3v) is 3.42. The Balaban J connectivity index is 1.60. The number of rotatable bonds is 7. The molecule has 0 spiro atoms. The SMILES string of the molecule is Cc1ccc(CCC(=O)NCCCc2ccccn2)cc1. The fourth-order valence-electron chi connectivity index (χ4n) is 2.14. The van der Waals surface area contributed by atoms with Gasteiger partial charge in [0.05, 0.1) is 0 Å². The molecule has 0 saturated carbocycles. The highest BCUT2D eigenvalue weighted by Crippen LogP contribution is 2.05. The van der Waals surface area contributed by atoms with Crippen LogP contribution < -0.4 is 5.32 Å². The topological polar surface area (TPSA) is 42.0 Å². The molecule has 1 heterocycles. The summed E-state index contributed by atoms with van der Waals surface area (Å²) in [5.74, 6) is 0.122. The summed E-state index contributed by atoms with van der Waals surface area (Å²) in [6.45, 7) is 2.78. The summed E-state index contributed by atoms with van der Waals surface area (Å²) >= 11 is 0. The first-order chi connectivity index (χ1) is 10.2. The molecule has 3 heteroatoms. The quantitative estimate of drug-likeness (QED) is 0.793. The van der Waals surface area contributed by atoms with Gasteiger partial charge in [-0.2, -0.15) is 0 Å². The molecule has 0 unspecified atom stereocenters. The lowest BCUT2D eigenvalue weighted by molar-refractivity contribution is -0.121. The maximum Gasteiger partial charge on any atom is 0.220 e. The standard InChI is InChI=1S/C18H22N2O/c1-15-7-9-16(10-8-15)11-12-18(21)20-14-4-6-17-5-2-3-13-19-17/h2-3,5,7-10,13H,4,6,11-12,14H2,1H3,(H,20,21). The zero-order chi connectivity index (χ0) is 14.9. The van der Waals surface area contributed by atoms with Crippen LogP contribution in [0.5, 0.6) is 0 Å². The Hall–Kier alpha value is -2.16. The number of benzene rings is 1. The van der Waals surface area contributed by atoms with Gasteiger partial charge in [-0.25, -0.2) is 0 Å². The summed E-state index contributed by atoms with van der Waals surface area (Å²) in [7, 11) is 0. The van der Waals surface area contributed by atoms with E-state index < -0.39 is 0 Å². The molecule has 1 N–H and O–H groups in total. The number of aryl methyl sites for hydroxylation is 3. The van der Waals surface area contributed by atoms with Crippen LogP contribution >= 0.6 is 0 Å². The molecule has 0 aliphatic rings. The lowest BCUT2D eigenvalue weighted by Gasteiger charge is -2.05. The molecule has 1 aromatic carbocycles. The van der Waals surface area contributed by atoms with Crippen LogP contribution in [-0.2, 0) is 17.6 Å². The van der Waals surface area contributed by atoms with Gasteiger partial charge >= 0.3 is 0 Å². The van der Waals surface area contributed by atoms with E-state index in [0.29, 0.717) is 13.0 Å². The summed E-state index contributed by atoms with van der Waals surface area (Å²) in [5.41, 5.74) is 3.54. The zero-order valence-electron chi connectivity index (χ0n) is 12.5. The van der Waals surface area contributed by atoms with Crippen LogP contribution in [0, 0.1) is 6.92 Å². The van der Waals surface area contributed by atoms with Crippen LogP contribution in [0.25, 0.3) is 0 Å². The molecule has 0 aliphatic carbocycles. The van der Waals surface area contributed by atoms with E-state index >= 15 is 0 Å². The van der Waals surface area contributed by atoms with E-state index in [0.717, 1.165) is 25.0 Å². The Bertz CT molecular complexity index is 549. The molecule has 2 aromatic rings. The van der Waals surface area contributed by atoms with Crippen molar-refractivity contribution in [3.8, 4) is 0 Å². The largest absolute Gasteiger partial charge is 0.356 e. The second-order valence-corrected chi connectivity index (χ2v) is 5.26. The van der Waals surface area contributed by atoms with E-state index in [4.69, 9.17) is 0 Å². The molecule has 1 aromatic heterocycles. The highest BCUT2D eigenvalue weighted by atomic mass is 16.1. The van der Waals surface area contributed by atoms with E-state index in [1.165, 1.54) is 11.1 Å². The van der Waals surface area contributed by atoms with Gasteiger partial charge < -0.3 is 5.32 Å². The summed E-state index contributed by atoms with van der Waals surface area (Å²) in [6.07, 6.45) is 4.97. The molecule has 0 aliphatic heterocycles. The molecule has 0 bridgehead atoms. The van der Waals surface area contributed by atoms with E-state index in [9.17, 15) is 4.79 Å². The minimum Gasteiger partial charge on any atom is -0.356 e. The van der Waals surface area contributed by atoms with Crippen molar-refractivity contribution in [2.45, 2.75) is 32.6 Å². The van der Waals surface area contributed by atoms with Crippen LogP contribution in [-0.4, -0.2) is 17.4 Å². The predicted molar refractivity (Wildman–Crippen MR) is 85.1 cm³/mol. The number of nitrogens with one attached hydrogen (secondary N) is 1. The van der Waals surface area contributed by atoms with Gasteiger partial charge in [-0.15, -0.1) is 0 Å². The van der Waals surface area contributed by atoms with Gasteiger partial charge in [0.2, 0.25) is 5.91 Å². The Morgan fingerprint density at radius 1 is 1.10 bits per heavy atom. The first kappa shape index (κ1) is 15.2. The normalized spacial score (nSPS) is 10.3. The predicted octanol–water partition coefficient (Wildman–Crippen LogP) is 3.07. The van der Waals surface area contributed by atoms with Gasteiger partial charge in [-0.05, 0) is 43.9 Å². The summed E-state index contributed by atoms with van der Waals surface area (Å²) in [6, 6.07) is 14.3. The average molecular weight is 282 g/mol. The van der Waals surface area contributed by atoms with Crippen LogP contribution in [0.2, 0.25) is 0 Å². The Kier molecular flexibility index (Phi) is 5.95. The summed E-state index contributed by atoms with van der Waals surface area (Å²) in [5, 5.41) is 2.97. The van der Waals surface area contributed by atoms with Crippen molar-refractivity contribution < 1.29 is 4.79 Å². The summed E-state index contributed by atoms with van der Waals surface area (Å²) < 4.78 is 0. The Morgan fingerprint density at radius 3 is 2.62 bits per heavy atom. The molecule has 3 nitrogen and oxygen atoms in total. The number of hydrogen-bond donors (Lipinski definition) is 1. The van der Waals surface area contributed by atoms with Crippen LogP contribution in [0.4, 0.5) is 0 Å². The number of carbonyl (C=O) groups excluding carboxylic acids is 1. The van der Waals surface area contributed by atoms with Crippen molar-refractivity contribution in [1.82, 2.24) is 10.3 Å². The molecule has 0 radical (unpaired) electrons. The van der Waals surface area contributed by atoms with E-state index in [1.54, 1.807) is 6.20 Å². The minimum absolute atomic E-state index is 0.122. The first-order valence-corrected chi connectivity index (χ1v) is 7.46. The number of amides is 1. The van der Waals surface area contributed by atoms with Gasteiger partial charge in [-0.3, -0.25) is 9.78 Å². The maximum atomic E-state index is 11.8. The van der Waals surface area contributed by atoms with Crippen molar-refractivity contribution in [3.05, 3.63) is 65.5 Å². The number of pyridine rings is 1. The third kappa shape index (κ3) is 5.78. The molecule has 1 amide bonds. The second-order valence-electron chi connectivity index (χ2n) is 5.26. The lowest BCUT2D eigenvalue weighted by atomic mass is 10.1. The molecular weight excluding hydrogens is 260 g/mol. The van der Waals surface area contributed by atoms with Crippen LogP contribution in [0.3, 0.4) is 0 Å². The van der Waals surface area contributed by atoms with E-state index in [2.05, 4.69) is 41.5 Å². The molecule has 0 fully saturated rings. The number of nitrogens with zero attached hydrogens (tertiary/aromatic N) is 1. The van der Waals surface area contributed by atoms with Crippen molar-refractivity contribution in [1.29, 1.82) is 0 Å². The second kappa shape index (κ2) is 8.20. The van der Waals surface area contributed by atoms with Gasteiger partial charge in [0.1, 0.15) is 0 Å². The van der Waals surface area contributed by atoms with Crippen LogP contribution in [0.15, 0.2) is 48.7 Å². The molecule has 21 heavy (non-hydrogen) atoms. The fraction of sp³-hybridized carbons (Fsp3) is 0.333. The van der Waals surface area contributed by atoms with Crippen molar-refractivity contribution >= 4 is 5.91 Å². The number of hydrogen-bond acceptors (Lipinski definition) is 2. The van der Waals surface area contributed by atoms with Crippen molar-refractivity contribution in [2.75, 3.05) is 6.54 Å². The van der Waals surface area contributed by atoms with Crippen LogP contribution in [0.1, 0.15) is 29.7 Å². The minimum atomic E-state index is 0.122. The monoisotopic (exact) mass is 282 g/mol. The highest BCUT2D eigenvalue weighted by molar-refractivity contribution is 5.76. The number of carbonyl (C=O) groups is 1.